The third-order valence-corrected chi connectivity index (χ3v) is 2.82. The highest BCUT2D eigenvalue weighted by molar-refractivity contribution is 5.73. The second kappa shape index (κ2) is 6.03. The molecule has 0 saturated carbocycles. The van der Waals surface area contributed by atoms with Gasteiger partial charge in [-0.05, 0) is 29.3 Å². The van der Waals surface area contributed by atoms with Crippen molar-refractivity contribution in [2.75, 3.05) is 18.5 Å². The van der Waals surface area contributed by atoms with Gasteiger partial charge in [0.2, 0.25) is 0 Å². The van der Waals surface area contributed by atoms with Crippen molar-refractivity contribution >= 4 is 11.4 Å². The number of anilines is 1. The SMILES string of the molecule is O=[N+]([O-])c1cc(-c2ccc(O)cc2)ccc1NCCO. The van der Waals surface area contributed by atoms with Crippen LogP contribution in [0, 0.1) is 10.1 Å². The van der Waals surface area contributed by atoms with Crippen molar-refractivity contribution in [3.8, 4) is 16.9 Å². The monoisotopic (exact) mass is 274 g/mol. The summed E-state index contributed by atoms with van der Waals surface area (Å²) in [5.41, 5.74) is 1.78. The number of nitrogens with zero attached hydrogens (tertiary/aromatic N) is 1. The van der Waals surface area contributed by atoms with Gasteiger partial charge in [-0.2, -0.15) is 0 Å². The molecule has 0 radical (unpaired) electrons. The molecule has 0 aromatic heterocycles. The molecule has 104 valence electrons. The molecule has 20 heavy (non-hydrogen) atoms. The molecule has 0 unspecified atom stereocenters. The summed E-state index contributed by atoms with van der Waals surface area (Å²) >= 11 is 0. The van der Waals surface area contributed by atoms with Crippen molar-refractivity contribution in [3.05, 3.63) is 52.6 Å². The number of aromatic hydroxyl groups is 1. The Hall–Kier alpha value is -2.60. The van der Waals surface area contributed by atoms with Crippen LogP contribution < -0.4 is 5.32 Å². The van der Waals surface area contributed by atoms with Crippen LogP contribution in [0.3, 0.4) is 0 Å². The van der Waals surface area contributed by atoms with Crippen LogP contribution in [0.1, 0.15) is 0 Å². The number of nitrogens with one attached hydrogen (secondary N) is 1. The van der Waals surface area contributed by atoms with Crippen molar-refractivity contribution in [2.24, 2.45) is 0 Å². The van der Waals surface area contributed by atoms with Crippen LogP contribution in [0.2, 0.25) is 0 Å². The Bertz CT molecular complexity index is 611. The van der Waals surface area contributed by atoms with Gasteiger partial charge in [0.1, 0.15) is 11.4 Å². The van der Waals surface area contributed by atoms with Crippen LogP contribution >= 0.6 is 0 Å². The van der Waals surface area contributed by atoms with E-state index in [0.717, 1.165) is 5.56 Å². The fraction of sp³-hybridized carbons (Fsp3) is 0.143. The maximum atomic E-state index is 11.1. The zero-order valence-corrected chi connectivity index (χ0v) is 10.6. The van der Waals surface area contributed by atoms with Crippen molar-refractivity contribution in [1.29, 1.82) is 0 Å². The Morgan fingerprint density at radius 1 is 1.10 bits per heavy atom. The van der Waals surface area contributed by atoms with Gasteiger partial charge < -0.3 is 15.5 Å². The summed E-state index contributed by atoms with van der Waals surface area (Å²) in [4.78, 5) is 10.6. The van der Waals surface area contributed by atoms with E-state index in [9.17, 15) is 15.2 Å². The molecule has 0 saturated heterocycles. The van der Waals surface area contributed by atoms with E-state index in [0.29, 0.717) is 11.3 Å². The van der Waals surface area contributed by atoms with E-state index >= 15 is 0 Å². The number of benzene rings is 2. The van der Waals surface area contributed by atoms with Crippen LogP contribution in [0.4, 0.5) is 11.4 Å². The molecule has 2 rings (SSSR count). The number of aliphatic hydroxyl groups is 1. The van der Waals surface area contributed by atoms with Gasteiger partial charge in [-0.15, -0.1) is 0 Å². The first kappa shape index (κ1) is 13.8. The van der Waals surface area contributed by atoms with Crippen molar-refractivity contribution in [3.63, 3.8) is 0 Å². The maximum absolute atomic E-state index is 11.1. The molecule has 6 heteroatoms. The zero-order valence-electron chi connectivity index (χ0n) is 10.6. The summed E-state index contributed by atoms with van der Waals surface area (Å²) in [6.45, 7) is 0.149. The van der Waals surface area contributed by atoms with Gasteiger partial charge in [0, 0.05) is 12.6 Å². The quantitative estimate of drug-likeness (QED) is 0.574. The third kappa shape index (κ3) is 3.04. The molecule has 3 N–H and O–H groups in total. The molecular weight excluding hydrogens is 260 g/mol. The molecule has 0 spiro atoms. The van der Waals surface area contributed by atoms with E-state index in [4.69, 9.17) is 5.11 Å². The Labute approximate surface area is 115 Å². The van der Waals surface area contributed by atoms with Gasteiger partial charge >= 0.3 is 0 Å². The largest absolute Gasteiger partial charge is 0.508 e. The summed E-state index contributed by atoms with van der Waals surface area (Å²) in [7, 11) is 0. The van der Waals surface area contributed by atoms with Crippen LogP contribution in [-0.2, 0) is 0 Å². The second-order valence-electron chi connectivity index (χ2n) is 4.19. The lowest BCUT2D eigenvalue weighted by Gasteiger charge is -2.08. The standard InChI is InChI=1S/C14H14N2O4/c17-8-7-15-13-6-3-11(9-14(13)16(19)20)10-1-4-12(18)5-2-10/h1-6,9,15,17-18H,7-8H2. The summed E-state index contributed by atoms with van der Waals surface area (Å²) in [5.74, 6) is 0.143. The highest BCUT2D eigenvalue weighted by Crippen LogP contribution is 2.31. The van der Waals surface area contributed by atoms with Gasteiger partial charge in [-0.25, -0.2) is 0 Å². The Morgan fingerprint density at radius 3 is 2.35 bits per heavy atom. The normalized spacial score (nSPS) is 10.2. The molecule has 0 atom stereocenters. The van der Waals surface area contributed by atoms with E-state index in [1.165, 1.54) is 18.2 Å². The lowest BCUT2D eigenvalue weighted by Crippen LogP contribution is -2.07. The van der Waals surface area contributed by atoms with Gasteiger partial charge in [0.25, 0.3) is 5.69 Å². The van der Waals surface area contributed by atoms with Crippen LogP contribution in [0.5, 0.6) is 5.75 Å². The van der Waals surface area contributed by atoms with E-state index in [2.05, 4.69) is 5.32 Å². The minimum atomic E-state index is -0.469. The maximum Gasteiger partial charge on any atom is 0.292 e. The number of phenols is 1. The summed E-state index contributed by atoms with van der Waals surface area (Å²) in [5, 5.41) is 31.9. The smallest absolute Gasteiger partial charge is 0.292 e. The Balaban J connectivity index is 2.39. The molecule has 0 fully saturated rings. The van der Waals surface area contributed by atoms with Gasteiger partial charge in [0.15, 0.2) is 0 Å². The molecule has 6 nitrogen and oxygen atoms in total. The average molecular weight is 274 g/mol. The van der Waals surface area contributed by atoms with Gasteiger partial charge in [-0.1, -0.05) is 18.2 Å². The summed E-state index contributed by atoms with van der Waals surface area (Å²) < 4.78 is 0. The molecule has 0 heterocycles. The van der Waals surface area contributed by atoms with Crippen molar-refractivity contribution in [2.45, 2.75) is 0 Å². The summed E-state index contributed by atoms with van der Waals surface area (Å²) in [6.07, 6.45) is 0. The zero-order chi connectivity index (χ0) is 14.5. The first-order valence-corrected chi connectivity index (χ1v) is 6.04. The number of nitro groups is 1. The van der Waals surface area contributed by atoms with E-state index in [-0.39, 0.29) is 24.6 Å². The summed E-state index contributed by atoms with van der Waals surface area (Å²) in [6, 6.07) is 11.3. The second-order valence-corrected chi connectivity index (χ2v) is 4.19. The molecular formula is C14H14N2O4. The number of hydrogen-bond acceptors (Lipinski definition) is 5. The first-order chi connectivity index (χ1) is 9.61. The molecule has 0 aliphatic rings. The molecule has 2 aromatic rings. The first-order valence-electron chi connectivity index (χ1n) is 6.04. The van der Waals surface area contributed by atoms with Crippen molar-refractivity contribution in [1.82, 2.24) is 0 Å². The van der Waals surface area contributed by atoms with Gasteiger partial charge in [-0.3, -0.25) is 10.1 Å². The molecule has 0 aliphatic carbocycles. The number of hydrogen-bond donors (Lipinski definition) is 3. The number of aliphatic hydroxyl groups excluding tert-OH is 1. The number of rotatable bonds is 5. The minimum Gasteiger partial charge on any atom is -0.508 e. The molecule has 2 aromatic carbocycles. The van der Waals surface area contributed by atoms with Crippen LogP contribution in [-0.4, -0.2) is 28.3 Å². The predicted octanol–water partition coefficient (Wildman–Crippen LogP) is 2.37. The Kier molecular flexibility index (Phi) is 4.17. The van der Waals surface area contributed by atoms with Crippen molar-refractivity contribution < 1.29 is 15.1 Å². The predicted molar refractivity (Wildman–Crippen MR) is 75.8 cm³/mol. The Morgan fingerprint density at radius 2 is 1.75 bits per heavy atom. The van der Waals surface area contributed by atoms with Crippen LogP contribution in [0.15, 0.2) is 42.5 Å². The lowest BCUT2D eigenvalue weighted by molar-refractivity contribution is -0.383. The van der Waals surface area contributed by atoms with Gasteiger partial charge in [0.05, 0.1) is 11.5 Å². The third-order valence-electron chi connectivity index (χ3n) is 2.82. The highest BCUT2D eigenvalue weighted by Gasteiger charge is 2.14. The molecule has 0 aliphatic heterocycles. The van der Waals surface area contributed by atoms with E-state index < -0.39 is 4.92 Å². The topological polar surface area (TPSA) is 95.6 Å². The fourth-order valence-corrected chi connectivity index (χ4v) is 1.86. The molecule has 0 amide bonds. The fourth-order valence-electron chi connectivity index (χ4n) is 1.86. The minimum absolute atomic E-state index is 0.0518. The van der Waals surface area contributed by atoms with E-state index in [1.54, 1.807) is 24.3 Å². The lowest BCUT2D eigenvalue weighted by atomic mass is 10.0. The average Bonchev–Trinajstić information content (AvgIpc) is 2.45. The van der Waals surface area contributed by atoms with E-state index in [1.807, 2.05) is 0 Å². The highest BCUT2D eigenvalue weighted by atomic mass is 16.6. The van der Waals surface area contributed by atoms with Crippen LogP contribution in [0.25, 0.3) is 11.1 Å². The number of phenolic OH excluding ortho intramolecular Hbond substituents is 1. The number of nitro benzene ring substituents is 1. The molecule has 0 bridgehead atoms.